The number of hydrogen-bond donors (Lipinski definition) is 2. The van der Waals surface area contributed by atoms with Crippen LogP contribution >= 0.6 is 0 Å². The molecule has 2 aromatic rings. The quantitative estimate of drug-likeness (QED) is 0.752. The van der Waals surface area contributed by atoms with Crippen LogP contribution in [0.5, 0.6) is 0 Å². The van der Waals surface area contributed by atoms with Crippen LogP contribution in [0, 0.1) is 0 Å². The highest BCUT2D eigenvalue weighted by Gasteiger charge is 2.33. The molecular formula is C21H28N6O3. The second kappa shape index (κ2) is 8.43. The fourth-order valence-electron chi connectivity index (χ4n) is 4.05. The van der Waals surface area contributed by atoms with Crippen molar-refractivity contribution in [2.75, 3.05) is 30.3 Å². The van der Waals surface area contributed by atoms with Gasteiger partial charge in [0, 0.05) is 37.3 Å². The van der Waals surface area contributed by atoms with E-state index in [2.05, 4.69) is 20.6 Å². The molecule has 2 amide bonds. The summed E-state index contributed by atoms with van der Waals surface area (Å²) in [5.41, 5.74) is 1.38. The normalized spacial score (nSPS) is 17.7. The van der Waals surface area contributed by atoms with Crippen molar-refractivity contribution < 1.29 is 9.59 Å². The van der Waals surface area contributed by atoms with Crippen molar-refractivity contribution in [1.82, 2.24) is 19.2 Å². The average Bonchev–Trinajstić information content (AvgIpc) is 3.49. The Hall–Kier alpha value is -2.94. The van der Waals surface area contributed by atoms with Crippen molar-refractivity contribution in [1.29, 1.82) is 0 Å². The van der Waals surface area contributed by atoms with Gasteiger partial charge in [-0.05, 0) is 63.0 Å². The van der Waals surface area contributed by atoms with E-state index in [0.717, 1.165) is 44.6 Å². The van der Waals surface area contributed by atoms with E-state index in [4.69, 9.17) is 0 Å². The van der Waals surface area contributed by atoms with E-state index >= 15 is 0 Å². The van der Waals surface area contributed by atoms with Crippen molar-refractivity contribution in [3.63, 3.8) is 0 Å². The molecule has 0 spiro atoms. The molecule has 2 fully saturated rings. The lowest BCUT2D eigenvalue weighted by Gasteiger charge is -2.31. The number of piperidine rings is 1. The maximum Gasteiger partial charge on any atom is 0.345 e. The first-order valence-corrected chi connectivity index (χ1v) is 10.5. The number of aryl methyl sites for hydroxylation is 1. The molecule has 1 saturated carbocycles. The fourth-order valence-corrected chi connectivity index (χ4v) is 4.05. The van der Waals surface area contributed by atoms with E-state index in [1.165, 1.54) is 11.6 Å². The van der Waals surface area contributed by atoms with E-state index in [1.807, 2.05) is 4.57 Å². The number of nitrogens with one attached hydrogen (secondary N) is 2. The lowest BCUT2D eigenvalue weighted by Crippen LogP contribution is -2.39. The van der Waals surface area contributed by atoms with Gasteiger partial charge in [-0.2, -0.15) is 5.10 Å². The summed E-state index contributed by atoms with van der Waals surface area (Å²) in [5, 5.41) is 10.1. The van der Waals surface area contributed by atoms with E-state index in [0.29, 0.717) is 24.0 Å². The zero-order valence-corrected chi connectivity index (χ0v) is 17.4. The predicted octanol–water partition coefficient (Wildman–Crippen LogP) is 1.69. The fraction of sp³-hybridized carbons (Fsp3) is 0.524. The third-order valence-electron chi connectivity index (χ3n) is 5.70. The minimum Gasteiger partial charge on any atom is -0.326 e. The van der Waals surface area contributed by atoms with Gasteiger partial charge in [0.05, 0.1) is 6.54 Å². The van der Waals surface area contributed by atoms with Crippen molar-refractivity contribution in [2.24, 2.45) is 7.05 Å². The molecule has 4 rings (SSSR count). The van der Waals surface area contributed by atoms with Gasteiger partial charge >= 0.3 is 5.69 Å². The van der Waals surface area contributed by atoms with E-state index in [1.54, 1.807) is 31.3 Å². The average molecular weight is 412 g/mol. The van der Waals surface area contributed by atoms with Crippen molar-refractivity contribution in [2.45, 2.75) is 44.6 Å². The summed E-state index contributed by atoms with van der Waals surface area (Å²) in [6, 6.07) is 7.38. The van der Waals surface area contributed by atoms with Crippen LogP contribution < -0.4 is 16.3 Å². The highest BCUT2D eigenvalue weighted by atomic mass is 16.2. The summed E-state index contributed by atoms with van der Waals surface area (Å²) in [5.74, 6) is 0.983. The van der Waals surface area contributed by atoms with Crippen molar-refractivity contribution in [3.05, 3.63) is 40.6 Å². The van der Waals surface area contributed by atoms with Crippen LogP contribution in [0.25, 0.3) is 0 Å². The Bertz CT molecular complexity index is 981. The molecule has 0 atom stereocenters. The van der Waals surface area contributed by atoms with Crippen LogP contribution in [0.3, 0.4) is 0 Å². The molecule has 1 aromatic carbocycles. The minimum atomic E-state index is -0.130. The Balaban J connectivity index is 1.29. The number of likely N-dealkylation sites (tertiary alicyclic amines) is 1. The van der Waals surface area contributed by atoms with Gasteiger partial charge in [0.2, 0.25) is 11.8 Å². The van der Waals surface area contributed by atoms with Crippen LogP contribution in [-0.4, -0.2) is 50.7 Å². The zero-order valence-electron chi connectivity index (χ0n) is 17.4. The molecule has 2 heterocycles. The second-order valence-electron chi connectivity index (χ2n) is 8.22. The Morgan fingerprint density at radius 2 is 1.63 bits per heavy atom. The third-order valence-corrected chi connectivity index (χ3v) is 5.70. The van der Waals surface area contributed by atoms with Gasteiger partial charge in [-0.3, -0.25) is 19.1 Å². The molecule has 2 N–H and O–H groups in total. The van der Waals surface area contributed by atoms with Crippen LogP contribution in [-0.2, 0) is 16.6 Å². The summed E-state index contributed by atoms with van der Waals surface area (Å²) in [7, 11) is 1.72. The van der Waals surface area contributed by atoms with Gasteiger partial charge in [-0.15, -0.1) is 0 Å². The topological polar surface area (TPSA) is 101 Å². The van der Waals surface area contributed by atoms with Gasteiger partial charge in [-0.25, -0.2) is 9.48 Å². The number of nitrogens with zero attached hydrogens (tertiary/aromatic N) is 4. The predicted molar refractivity (Wildman–Crippen MR) is 114 cm³/mol. The first kappa shape index (κ1) is 20.3. The molecule has 2 aliphatic rings. The van der Waals surface area contributed by atoms with Gasteiger partial charge in [0.1, 0.15) is 5.82 Å². The molecule has 30 heavy (non-hydrogen) atoms. The van der Waals surface area contributed by atoms with Crippen molar-refractivity contribution >= 4 is 23.2 Å². The van der Waals surface area contributed by atoms with Crippen LogP contribution in [0.15, 0.2) is 29.1 Å². The molecule has 1 aliphatic carbocycles. The molecule has 0 radical (unpaired) electrons. The number of aromatic nitrogens is 3. The highest BCUT2D eigenvalue weighted by molar-refractivity contribution is 5.93. The summed E-state index contributed by atoms with van der Waals surface area (Å²) < 4.78 is 3.34. The van der Waals surface area contributed by atoms with E-state index in [-0.39, 0.29) is 23.4 Å². The standard InChI is InChI=1S/C21H28N6O3/c1-14(28)22-16-3-5-17(6-4-16)23-19(29)13-26-11-9-15(10-12-26)20-24-25(2)21(30)27(20)18-7-8-18/h3-6,15,18H,7-13H2,1-2H3,(H,22,28)(H,23,29). The number of anilines is 2. The molecule has 1 saturated heterocycles. The number of rotatable bonds is 6. The molecule has 0 bridgehead atoms. The molecule has 1 aliphatic heterocycles. The SMILES string of the molecule is CC(=O)Nc1ccc(NC(=O)CN2CCC(c3nn(C)c(=O)n3C3CC3)CC2)cc1. The molecule has 0 unspecified atom stereocenters. The Labute approximate surface area is 175 Å². The van der Waals surface area contributed by atoms with Gasteiger partial charge < -0.3 is 10.6 Å². The summed E-state index contributed by atoms with van der Waals surface area (Å²) in [4.78, 5) is 38.0. The molecule has 9 nitrogen and oxygen atoms in total. The van der Waals surface area contributed by atoms with Gasteiger partial charge in [-0.1, -0.05) is 0 Å². The minimum absolute atomic E-state index is 0.0150. The lowest BCUT2D eigenvalue weighted by atomic mass is 9.96. The van der Waals surface area contributed by atoms with Gasteiger partial charge in [0.25, 0.3) is 0 Å². The Kier molecular flexibility index (Phi) is 5.72. The maximum atomic E-state index is 12.4. The van der Waals surface area contributed by atoms with Crippen LogP contribution in [0.4, 0.5) is 11.4 Å². The number of amides is 2. The number of carbonyl (C=O) groups is 2. The third kappa shape index (κ3) is 4.62. The Morgan fingerprint density at radius 1 is 1.03 bits per heavy atom. The second-order valence-corrected chi connectivity index (χ2v) is 8.22. The summed E-state index contributed by atoms with van der Waals surface area (Å²) in [6.45, 7) is 3.39. The summed E-state index contributed by atoms with van der Waals surface area (Å²) >= 11 is 0. The van der Waals surface area contributed by atoms with Crippen LogP contribution in [0.2, 0.25) is 0 Å². The number of hydrogen-bond acceptors (Lipinski definition) is 5. The molecule has 1 aromatic heterocycles. The van der Waals surface area contributed by atoms with E-state index in [9.17, 15) is 14.4 Å². The highest BCUT2D eigenvalue weighted by Crippen LogP contribution is 2.37. The molecule has 160 valence electrons. The maximum absolute atomic E-state index is 12.4. The largest absolute Gasteiger partial charge is 0.345 e. The van der Waals surface area contributed by atoms with Crippen molar-refractivity contribution in [3.8, 4) is 0 Å². The van der Waals surface area contributed by atoms with Crippen LogP contribution in [0.1, 0.15) is 50.4 Å². The lowest BCUT2D eigenvalue weighted by molar-refractivity contribution is -0.117. The number of benzene rings is 1. The number of carbonyl (C=O) groups excluding carboxylic acids is 2. The molecule has 9 heteroatoms. The summed E-state index contributed by atoms with van der Waals surface area (Å²) in [6.07, 6.45) is 3.90. The van der Waals surface area contributed by atoms with Gasteiger partial charge in [0.15, 0.2) is 0 Å². The zero-order chi connectivity index (χ0) is 21.3. The smallest absolute Gasteiger partial charge is 0.326 e. The first-order chi connectivity index (χ1) is 14.4. The molecular weight excluding hydrogens is 384 g/mol. The van der Waals surface area contributed by atoms with E-state index < -0.39 is 0 Å². The Morgan fingerprint density at radius 3 is 2.20 bits per heavy atom. The monoisotopic (exact) mass is 412 g/mol. The first-order valence-electron chi connectivity index (χ1n) is 10.5.